The predicted octanol–water partition coefficient (Wildman–Crippen LogP) is 3.79. The van der Waals surface area contributed by atoms with E-state index in [1.807, 2.05) is 18.2 Å². The molecule has 1 aliphatic carbocycles. The van der Waals surface area contributed by atoms with Gasteiger partial charge in [0.15, 0.2) is 11.5 Å². The lowest BCUT2D eigenvalue weighted by Crippen LogP contribution is -2.39. The molecule has 1 fully saturated rings. The summed E-state index contributed by atoms with van der Waals surface area (Å²) in [7, 11) is 3.24. The monoisotopic (exact) mass is 463 g/mol. The number of fused-ring (bicyclic) bond motifs is 1. The maximum Gasteiger partial charge on any atom is 0.290 e. The Labute approximate surface area is 179 Å². The molecule has 0 saturated heterocycles. The van der Waals surface area contributed by atoms with Crippen LogP contribution in [0, 0.1) is 5.92 Å². The highest BCUT2D eigenvalue weighted by Gasteiger charge is 2.52. The normalized spacial score (nSPS) is 26.3. The molecule has 7 heteroatoms. The van der Waals surface area contributed by atoms with E-state index in [9.17, 15) is 9.59 Å². The van der Waals surface area contributed by atoms with Crippen molar-refractivity contribution in [3.05, 3.63) is 39.6 Å². The van der Waals surface area contributed by atoms with Crippen LogP contribution < -0.4 is 4.74 Å². The average Bonchev–Trinajstić information content (AvgIpc) is 3.00. The summed E-state index contributed by atoms with van der Waals surface area (Å²) in [4.78, 5) is 28.6. The molecule has 0 N–H and O–H groups in total. The minimum atomic E-state index is -0.503. The van der Waals surface area contributed by atoms with Crippen LogP contribution in [0.25, 0.3) is 0 Å². The molecule has 0 aromatic heterocycles. The van der Waals surface area contributed by atoms with Crippen molar-refractivity contribution < 1.29 is 23.8 Å². The molecule has 0 bridgehead atoms. The zero-order valence-electron chi connectivity index (χ0n) is 16.8. The summed E-state index contributed by atoms with van der Waals surface area (Å²) in [5, 5.41) is 0. The number of benzene rings is 1. The Balaban J connectivity index is 1.79. The first-order chi connectivity index (χ1) is 14.1. The molecule has 1 amide bonds. The Morgan fingerprint density at radius 1 is 1.21 bits per heavy atom. The SMILES string of the molecule is COCCCN1C(=O)C2=C(C(=O)C3CCCCC3O2)C1c1cc(Br)ccc1OC. The van der Waals surface area contributed by atoms with Gasteiger partial charge in [0.25, 0.3) is 5.91 Å². The topological polar surface area (TPSA) is 65.1 Å². The molecule has 2 heterocycles. The van der Waals surface area contributed by atoms with E-state index >= 15 is 0 Å². The molecule has 1 saturated carbocycles. The maximum absolute atomic E-state index is 13.5. The highest BCUT2D eigenvalue weighted by Crippen LogP contribution is 2.48. The molecule has 3 unspecified atom stereocenters. The van der Waals surface area contributed by atoms with Crippen molar-refractivity contribution in [3.8, 4) is 5.75 Å². The number of hydrogen-bond donors (Lipinski definition) is 0. The molecular weight excluding hydrogens is 438 g/mol. The summed E-state index contributed by atoms with van der Waals surface area (Å²) in [6, 6.07) is 5.17. The summed E-state index contributed by atoms with van der Waals surface area (Å²) in [6.45, 7) is 1.02. The predicted molar refractivity (Wildman–Crippen MR) is 111 cm³/mol. The number of carbonyl (C=O) groups excluding carboxylic acids is 2. The molecule has 3 aliphatic rings. The minimum Gasteiger partial charge on any atom is -0.496 e. The van der Waals surface area contributed by atoms with Crippen LogP contribution in [0.3, 0.4) is 0 Å². The Hall–Kier alpha value is -1.86. The van der Waals surface area contributed by atoms with Crippen molar-refractivity contribution in [2.75, 3.05) is 27.4 Å². The summed E-state index contributed by atoms with van der Waals surface area (Å²) in [5.74, 6) is 0.582. The number of carbonyl (C=O) groups is 2. The quantitative estimate of drug-likeness (QED) is 0.600. The second kappa shape index (κ2) is 8.48. The number of Topliss-reactive ketones (excluding diaryl/α,β-unsaturated/α-hetero) is 1. The van der Waals surface area contributed by atoms with Crippen molar-refractivity contribution in [2.24, 2.45) is 5.92 Å². The third kappa shape index (κ3) is 3.59. The van der Waals surface area contributed by atoms with Crippen LogP contribution in [-0.2, 0) is 19.1 Å². The van der Waals surface area contributed by atoms with Crippen molar-refractivity contribution >= 4 is 27.6 Å². The number of rotatable bonds is 6. The van der Waals surface area contributed by atoms with Crippen LogP contribution in [0.5, 0.6) is 5.75 Å². The summed E-state index contributed by atoms with van der Waals surface area (Å²) in [6.07, 6.45) is 4.20. The van der Waals surface area contributed by atoms with Gasteiger partial charge in [-0.05, 0) is 43.9 Å². The van der Waals surface area contributed by atoms with Gasteiger partial charge in [-0.2, -0.15) is 0 Å². The highest BCUT2D eigenvalue weighted by atomic mass is 79.9. The van der Waals surface area contributed by atoms with Crippen molar-refractivity contribution in [1.29, 1.82) is 0 Å². The molecule has 4 rings (SSSR count). The van der Waals surface area contributed by atoms with Crippen LogP contribution in [0.4, 0.5) is 0 Å². The lowest BCUT2D eigenvalue weighted by Gasteiger charge is -2.35. The van der Waals surface area contributed by atoms with E-state index in [0.29, 0.717) is 30.9 Å². The molecule has 2 aliphatic heterocycles. The van der Waals surface area contributed by atoms with Crippen molar-refractivity contribution in [3.63, 3.8) is 0 Å². The Morgan fingerprint density at radius 3 is 2.76 bits per heavy atom. The average molecular weight is 464 g/mol. The van der Waals surface area contributed by atoms with Gasteiger partial charge in [-0.3, -0.25) is 9.59 Å². The van der Waals surface area contributed by atoms with Gasteiger partial charge in [-0.15, -0.1) is 0 Å². The lowest BCUT2D eigenvalue weighted by atomic mass is 9.77. The lowest BCUT2D eigenvalue weighted by molar-refractivity contribution is -0.135. The minimum absolute atomic E-state index is 0.0607. The first kappa shape index (κ1) is 20.4. The zero-order valence-corrected chi connectivity index (χ0v) is 18.4. The molecule has 29 heavy (non-hydrogen) atoms. The molecule has 0 radical (unpaired) electrons. The van der Waals surface area contributed by atoms with E-state index in [0.717, 1.165) is 35.7 Å². The Bertz CT molecular complexity index is 852. The van der Waals surface area contributed by atoms with E-state index in [1.165, 1.54) is 0 Å². The van der Waals surface area contributed by atoms with Gasteiger partial charge in [0, 0.05) is 30.3 Å². The fraction of sp³-hybridized carbons (Fsp3) is 0.545. The Kier molecular flexibility index (Phi) is 5.97. The van der Waals surface area contributed by atoms with Crippen LogP contribution >= 0.6 is 15.9 Å². The summed E-state index contributed by atoms with van der Waals surface area (Å²) < 4.78 is 17.8. The molecule has 3 atom stereocenters. The molecule has 6 nitrogen and oxygen atoms in total. The van der Waals surface area contributed by atoms with E-state index < -0.39 is 6.04 Å². The van der Waals surface area contributed by atoms with E-state index in [4.69, 9.17) is 14.2 Å². The molecular formula is C22H26BrNO5. The first-order valence-electron chi connectivity index (χ1n) is 10.1. The van der Waals surface area contributed by atoms with Crippen LogP contribution in [0.1, 0.15) is 43.7 Å². The van der Waals surface area contributed by atoms with Gasteiger partial charge in [0.1, 0.15) is 11.9 Å². The van der Waals surface area contributed by atoms with Gasteiger partial charge in [0.2, 0.25) is 0 Å². The fourth-order valence-electron chi connectivity index (χ4n) is 4.74. The molecule has 0 spiro atoms. The molecule has 1 aromatic carbocycles. The number of hydrogen-bond acceptors (Lipinski definition) is 5. The second-order valence-corrected chi connectivity index (χ2v) is 8.70. The first-order valence-corrected chi connectivity index (χ1v) is 10.9. The second-order valence-electron chi connectivity index (χ2n) is 7.79. The number of ether oxygens (including phenoxy) is 3. The van der Waals surface area contributed by atoms with E-state index in [-0.39, 0.29) is 29.5 Å². The van der Waals surface area contributed by atoms with Crippen LogP contribution in [0.15, 0.2) is 34.0 Å². The van der Waals surface area contributed by atoms with Crippen LogP contribution in [0.2, 0.25) is 0 Å². The number of ketones is 1. The fourth-order valence-corrected chi connectivity index (χ4v) is 5.12. The summed E-state index contributed by atoms with van der Waals surface area (Å²) in [5.41, 5.74) is 1.29. The number of nitrogens with zero attached hydrogens (tertiary/aromatic N) is 1. The number of amides is 1. The standard InChI is InChI=1S/C22H26BrNO5/c1-27-11-5-10-24-19(15-12-13(23)8-9-16(15)28-2)18-20(25)14-6-3-4-7-17(14)29-21(18)22(24)26/h8-9,12,14,17,19H,3-7,10-11H2,1-2H3. The third-order valence-electron chi connectivity index (χ3n) is 6.09. The molecule has 156 valence electrons. The third-order valence-corrected chi connectivity index (χ3v) is 6.59. The molecule has 1 aromatic rings. The van der Waals surface area contributed by atoms with Gasteiger partial charge < -0.3 is 19.1 Å². The van der Waals surface area contributed by atoms with E-state index in [2.05, 4.69) is 15.9 Å². The smallest absolute Gasteiger partial charge is 0.290 e. The van der Waals surface area contributed by atoms with Gasteiger partial charge in [0.05, 0.1) is 24.6 Å². The van der Waals surface area contributed by atoms with Gasteiger partial charge >= 0.3 is 0 Å². The van der Waals surface area contributed by atoms with Gasteiger partial charge in [-0.25, -0.2) is 0 Å². The van der Waals surface area contributed by atoms with Gasteiger partial charge in [-0.1, -0.05) is 22.4 Å². The van der Waals surface area contributed by atoms with Crippen molar-refractivity contribution in [2.45, 2.75) is 44.2 Å². The Morgan fingerprint density at radius 2 is 2.00 bits per heavy atom. The number of methoxy groups -OCH3 is 2. The number of halogens is 1. The highest BCUT2D eigenvalue weighted by molar-refractivity contribution is 9.10. The van der Waals surface area contributed by atoms with Crippen LogP contribution in [-0.4, -0.2) is 50.1 Å². The zero-order chi connectivity index (χ0) is 20.5. The largest absolute Gasteiger partial charge is 0.496 e. The van der Waals surface area contributed by atoms with E-state index in [1.54, 1.807) is 19.1 Å². The summed E-state index contributed by atoms with van der Waals surface area (Å²) >= 11 is 3.52. The van der Waals surface area contributed by atoms with Crippen molar-refractivity contribution in [1.82, 2.24) is 4.90 Å². The maximum atomic E-state index is 13.5.